The topological polar surface area (TPSA) is 136 Å². The van der Waals surface area contributed by atoms with E-state index >= 15 is 0 Å². The highest BCUT2D eigenvalue weighted by atomic mass is 16.7. The summed E-state index contributed by atoms with van der Waals surface area (Å²) in [5.74, 6) is -1.94. The largest absolute Gasteiger partial charge is 0.467 e. The fourth-order valence-electron chi connectivity index (χ4n) is 4.83. The first-order chi connectivity index (χ1) is 19.4. The number of nitrogens with one attached hydrogen (secondary N) is 2. The summed E-state index contributed by atoms with van der Waals surface area (Å²) in [4.78, 5) is 41.7. The Labute approximate surface area is 229 Å². The smallest absolute Gasteiger partial charge is 0.337 e. The number of carbonyl (C=O) groups is 3. The summed E-state index contributed by atoms with van der Waals surface area (Å²) < 4.78 is 20.6. The Hall–Kier alpha value is -4.83. The number of amides is 1. The van der Waals surface area contributed by atoms with Crippen molar-refractivity contribution in [3.05, 3.63) is 95.2 Å². The molecule has 206 valence electrons. The van der Waals surface area contributed by atoms with E-state index in [0.29, 0.717) is 28.2 Å². The lowest BCUT2D eigenvalue weighted by molar-refractivity contribution is -0.145. The average Bonchev–Trinajstić information content (AvgIpc) is 3.63. The van der Waals surface area contributed by atoms with Crippen LogP contribution in [0.3, 0.4) is 0 Å². The number of aromatic amines is 1. The standard InChI is InChI=1S/C30H28N2O8/c1-37-29(35)18-9-7-17(8-10-18)27(33)26(19-11-12-24-25(14-19)40-16-39-24)28(34)32-23(30(36)38-2)13-20-15-31-22-6-4-3-5-21(20)22/h3-12,14-15,23,26-27,31,33H,13,16H2,1-2H3,(H,32,34)/t23-,26?,27?/m0/s1. The lowest BCUT2D eigenvalue weighted by Gasteiger charge is -2.26. The molecular weight excluding hydrogens is 516 g/mol. The molecule has 3 atom stereocenters. The second-order valence-electron chi connectivity index (χ2n) is 9.30. The summed E-state index contributed by atoms with van der Waals surface area (Å²) in [7, 11) is 2.53. The number of H-pyrrole nitrogens is 1. The Morgan fingerprint density at radius 3 is 2.42 bits per heavy atom. The van der Waals surface area contributed by atoms with E-state index in [1.165, 1.54) is 26.4 Å². The van der Waals surface area contributed by atoms with Crippen LogP contribution in [0.5, 0.6) is 11.5 Å². The molecule has 1 aromatic heterocycles. The van der Waals surface area contributed by atoms with Crippen molar-refractivity contribution in [1.82, 2.24) is 10.3 Å². The van der Waals surface area contributed by atoms with Crippen molar-refractivity contribution in [2.24, 2.45) is 0 Å². The molecule has 4 aromatic rings. The molecule has 5 rings (SSSR count). The molecule has 2 unspecified atom stereocenters. The van der Waals surface area contributed by atoms with Gasteiger partial charge in [0.2, 0.25) is 12.7 Å². The van der Waals surface area contributed by atoms with Crippen molar-refractivity contribution in [1.29, 1.82) is 0 Å². The third-order valence-corrected chi connectivity index (χ3v) is 6.93. The molecule has 0 bridgehead atoms. The van der Waals surface area contributed by atoms with Gasteiger partial charge in [-0.15, -0.1) is 0 Å². The number of aromatic nitrogens is 1. The van der Waals surface area contributed by atoms with Crippen LogP contribution in [0, 0.1) is 0 Å². The number of benzene rings is 3. The third-order valence-electron chi connectivity index (χ3n) is 6.93. The maximum Gasteiger partial charge on any atom is 0.337 e. The number of rotatable bonds is 9. The first-order valence-corrected chi connectivity index (χ1v) is 12.6. The molecule has 3 aromatic carbocycles. The molecule has 10 nitrogen and oxygen atoms in total. The molecule has 0 aliphatic carbocycles. The predicted molar refractivity (Wildman–Crippen MR) is 144 cm³/mol. The van der Waals surface area contributed by atoms with E-state index in [1.54, 1.807) is 36.5 Å². The van der Waals surface area contributed by atoms with Crippen molar-refractivity contribution < 1.29 is 38.4 Å². The van der Waals surface area contributed by atoms with Gasteiger partial charge in [-0.2, -0.15) is 0 Å². The van der Waals surface area contributed by atoms with Crippen LogP contribution in [0.4, 0.5) is 0 Å². The number of esters is 2. The van der Waals surface area contributed by atoms with E-state index in [-0.39, 0.29) is 13.2 Å². The van der Waals surface area contributed by atoms with Gasteiger partial charge in [0.25, 0.3) is 0 Å². The second kappa shape index (κ2) is 11.5. The minimum absolute atomic E-state index is 0.0439. The Balaban J connectivity index is 1.47. The predicted octanol–water partition coefficient (Wildman–Crippen LogP) is 3.40. The van der Waals surface area contributed by atoms with E-state index in [9.17, 15) is 19.5 Å². The van der Waals surface area contributed by atoms with Gasteiger partial charge >= 0.3 is 11.9 Å². The van der Waals surface area contributed by atoms with E-state index in [1.807, 2.05) is 24.3 Å². The van der Waals surface area contributed by atoms with Gasteiger partial charge in [0, 0.05) is 23.5 Å². The molecule has 0 saturated carbocycles. The lowest BCUT2D eigenvalue weighted by atomic mass is 9.87. The third kappa shape index (κ3) is 5.34. The zero-order chi connectivity index (χ0) is 28.2. The number of ether oxygens (including phenoxy) is 4. The van der Waals surface area contributed by atoms with Gasteiger partial charge in [0.15, 0.2) is 11.5 Å². The molecule has 1 aliphatic rings. The van der Waals surface area contributed by atoms with Gasteiger partial charge < -0.3 is 34.4 Å². The first kappa shape index (κ1) is 26.8. The molecule has 0 radical (unpaired) electrons. The van der Waals surface area contributed by atoms with Crippen molar-refractivity contribution >= 4 is 28.7 Å². The molecule has 1 amide bonds. The molecule has 0 saturated heterocycles. The molecule has 3 N–H and O–H groups in total. The van der Waals surface area contributed by atoms with Crippen LogP contribution in [-0.4, -0.2) is 55.0 Å². The number of methoxy groups -OCH3 is 2. The summed E-state index contributed by atoms with van der Waals surface area (Å²) >= 11 is 0. The van der Waals surface area contributed by atoms with Crippen molar-refractivity contribution in [2.45, 2.75) is 24.5 Å². The summed E-state index contributed by atoms with van der Waals surface area (Å²) in [6.07, 6.45) is 0.624. The van der Waals surface area contributed by atoms with Crippen LogP contribution in [0.1, 0.15) is 39.1 Å². The van der Waals surface area contributed by atoms with Crippen molar-refractivity contribution in [3.63, 3.8) is 0 Å². The minimum atomic E-state index is -1.33. The van der Waals surface area contributed by atoms with Gasteiger partial charge in [-0.3, -0.25) is 4.79 Å². The van der Waals surface area contributed by atoms with E-state index in [2.05, 4.69) is 10.3 Å². The fraction of sp³-hybridized carbons (Fsp3) is 0.233. The first-order valence-electron chi connectivity index (χ1n) is 12.6. The monoisotopic (exact) mass is 544 g/mol. The van der Waals surface area contributed by atoms with Crippen LogP contribution < -0.4 is 14.8 Å². The maximum atomic E-state index is 13.9. The molecule has 0 spiro atoms. The highest BCUT2D eigenvalue weighted by molar-refractivity contribution is 5.91. The van der Waals surface area contributed by atoms with Crippen LogP contribution in [0.2, 0.25) is 0 Å². The van der Waals surface area contributed by atoms with Crippen LogP contribution in [-0.2, 0) is 25.5 Å². The molecule has 2 heterocycles. The molecule has 10 heteroatoms. The number of aliphatic hydroxyl groups excluding tert-OH is 1. The Kier molecular flexibility index (Phi) is 7.70. The van der Waals surface area contributed by atoms with E-state index < -0.39 is 35.9 Å². The number of carbonyl (C=O) groups excluding carboxylic acids is 3. The number of hydrogen-bond donors (Lipinski definition) is 3. The number of fused-ring (bicyclic) bond motifs is 2. The SMILES string of the molecule is COC(=O)c1ccc(C(O)C(C(=O)N[C@@H](Cc2c[nH]c3ccccc23)C(=O)OC)c2ccc3c(c2)OCO3)cc1. The summed E-state index contributed by atoms with van der Waals surface area (Å²) in [6, 6.07) is 17.7. The number of hydrogen-bond acceptors (Lipinski definition) is 8. The number of para-hydroxylation sites is 1. The van der Waals surface area contributed by atoms with Gasteiger partial charge in [-0.05, 0) is 47.0 Å². The maximum absolute atomic E-state index is 13.9. The molecule has 40 heavy (non-hydrogen) atoms. The summed E-state index contributed by atoms with van der Waals surface area (Å²) in [5, 5.41) is 15.2. The molecular formula is C30H28N2O8. The molecule has 0 fully saturated rings. The molecule has 1 aliphatic heterocycles. The fourth-order valence-corrected chi connectivity index (χ4v) is 4.83. The van der Waals surface area contributed by atoms with Crippen molar-refractivity contribution in [3.8, 4) is 11.5 Å². The van der Waals surface area contributed by atoms with Gasteiger partial charge in [-0.1, -0.05) is 36.4 Å². The quantitative estimate of drug-likeness (QED) is 0.273. The van der Waals surface area contributed by atoms with Gasteiger partial charge in [0.1, 0.15) is 6.04 Å². The normalized spacial score (nSPS) is 14.3. The Morgan fingerprint density at radius 1 is 0.950 bits per heavy atom. The van der Waals surface area contributed by atoms with Crippen LogP contribution >= 0.6 is 0 Å². The zero-order valence-corrected chi connectivity index (χ0v) is 21.9. The van der Waals surface area contributed by atoms with E-state index in [4.69, 9.17) is 18.9 Å². The Morgan fingerprint density at radius 2 is 1.68 bits per heavy atom. The van der Waals surface area contributed by atoms with Crippen LogP contribution in [0.25, 0.3) is 10.9 Å². The van der Waals surface area contributed by atoms with Crippen LogP contribution in [0.15, 0.2) is 72.9 Å². The lowest BCUT2D eigenvalue weighted by Crippen LogP contribution is -2.46. The zero-order valence-electron chi connectivity index (χ0n) is 21.9. The van der Waals surface area contributed by atoms with Gasteiger partial charge in [-0.25, -0.2) is 9.59 Å². The summed E-state index contributed by atoms with van der Waals surface area (Å²) in [6.45, 7) is 0.0439. The minimum Gasteiger partial charge on any atom is -0.467 e. The second-order valence-corrected chi connectivity index (χ2v) is 9.30. The summed E-state index contributed by atoms with van der Waals surface area (Å²) in [5.41, 5.74) is 2.85. The Bertz CT molecular complexity index is 1550. The van der Waals surface area contributed by atoms with E-state index in [0.717, 1.165) is 16.5 Å². The van der Waals surface area contributed by atoms with Gasteiger partial charge in [0.05, 0.1) is 31.8 Å². The highest BCUT2D eigenvalue weighted by Gasteiger charge is 2.34. The number of aliphatic hydroxyl groups is 1. The van der Waals surface area contributed by atoms with Crippen molar-refractivity contribution in [2.75, 3.05) is 21.0 Å². The average molecular weight is 545 g/mol. The highest BCUT2D eigenvalue weighted by Crippen LogP contribution is 2.39.